The van der Waals surface area contributed by atoms with Gasteiger partial charge in [-0.3, -0.25) is 14.5 Å². The van der Waals surface area contributed by atoms with E-state index in [9.17, 15) is 35.2 Å². The number of alkyl halides is 5. The summed E-state index contributed by atoms with van der Waals surface area (Å²) in [6.07, 6.45) is -0.223. The molecule has 0 spiro atoms. The van der Waals surface area contributed by atoms with Gasteiger partial charge in [0.2, 0.25) is 0 Å². The van der Waals surface area contributed by atoms with Crippen LogP contribution in [0.2, 0.25) is 0 Å². The van der Waals surface area contributed by atoms with Gasteiger partial charge in [0.25, 0.3) is 5.91 Å². The Hall–Kier alpha value is -2.77. The number of pyridine rings is 1. The number of nitrogens with one attached hydrogen (secondary N) is 1. The summed E-state index contributed by atoms with van der Waals surface area (Å²) < 4.78 is 95.1. The van der Waals surface area contributed by atoms with Gasteiger partial charge in [-0.25, -0.2) is 8.42 Å². The van der Waals surface area contributed by atoms with Gasteiger partial charge in [0.15, 0.2) is 5.69 Å². The van der Waals surface area contributed by atoms with E-state index in [-0.39, 0.29) is 46.1 Å². The molecule has 0 aliphatic heterocycles. The Bertz CT molecular complexity index is 1270. The van der Waals surface area contributed by atoms with E-state index in [0.29, 0.717) is 37.8 Å². The molecule has 0 saturated heterocycles. The highest BCUT2D eigenvalue weighted by Gasteiger charge is 2.36. The van der Waals surface area contributed by atoms with E-state index in [1.807, 2.05) is 0 Å². The fourth-order valence-electron chi connectivity index (χ4n) is 4.81. The topological polar surface area (TPSA) is 103 Å². The second-order valence-corrected chi connectivity index (χ2v) is 12.3. The lowest BCUT2D eigenvalue weighted by Gasteiger charge is -2.27. The van der Waals surface area contributed by atoms with Crippen LogP contribution in [0, 0.1) is 18.8 Å². The van der Waals surface area contributed by atoms with Gasteiger partial charge in [0.05, 0.1) is 22.4 Å². The van der Waals surface area contributed by atoms with Crippen LogP contribution in [-0.4, -0.2) is 59.9 Å². The van der Waals surface area contributed by atoms with Crippen molar-refractivity contribution < 1.29 is 39.9 Å². The van der Waals surface area contributed by atoms with E-state index in [2.05, 4.69) is 20.1 Å². The lowest BCUT2D eigenvalue weighted by Crippen LogP contribution is -2.34. The summed E-state index contributed by atoms with van der Waals surface area (Å²) in [5, 5.41) is 6.81. The molecule has 2 aromatic heterocycles. The highest BCUT2D eigenvalue weighted by molar-refractivity contribution is 7.91. The normalized spacial score (nSPS) is 19.2. The molecule has 1 amide bonds. The fraction of sp³-hybridized carbons (Fsp3) is 0.640. The maximum absolute atomic E-state index is 13.2. The third-order valence-corrected chi connectivity index (χ3v) is 8.80. The SMILES string of the molecule is CCn1nc(C(=O)NCC2CCC(S(C)(=O)=O)CC2)c(C)c1-c1cnc(CC(C)C(F)(F)F)cc1OC(F)F. The summed E-state index contributed by atoms with van der Waals surface area (Å²) in [6, 6.07) is 1.06. The Morgan fingerprint density at radius 1 is 1.23 bits per heavy atom. The smallest absolute Gasteiger partial charge is 0.391 e. The molecule has 1 aliphatic carbocycles. The van der Waals surface area contributed by atoms with Gasteiger partial charge in [0.1, 0.15) is 15.6 Å². The van der Waals surface area contributed by atoms with E-state index in [1.54, 1.807) is 13.8 Å². The van der Waals surface area contributed by atoms with Gasteiger partial charge >= 0.3 is 12.8 Å². The summed E-state index contributed by atoms with van der Waals surface area (Å²) in [5.41, 5.74) is 0.725. The second-order valence-electron chi connectivity index (χ2n) is 10.0. The van der Waals surface area contributed by atoms with E-state index in [4.69, 9.17) is 0 Å². The van der Waals surface area contributed by atoms with E-state index < -0.39 is 40.9 Å². The number of amides is 1. The molecule has 1 atom stereocenters. The molecule has 1 aliphatic rings. The van der Waals surface area contributed by atoms with Crippen LogP contribution < -0.4 is 10.1 Å². The maximum atomic E-state index is 13.2. The highest BCUT2D eigenvalue weighted by atomic mass is 32.2. The predicted molar refractivity (Wildman–Crippen MR) is 134 cm³/mol. The summed E-state index contributed by atoms with van der Waals surface area (Å²) in [5.74, 6) is -2.47. The Balaban J connectivity index is 1.83. The number of sulfone groups is 1. The minimum Gasteiger partial charge on any atom is -0.434 e. The molecule has 0 bridgehead atoms. The van der Waals surface area contributed by atoms with E-state index in [0.717, 1.165) is 19.2 Å². The number of ether oxygens (including phenoxy) is 1. The van der Waals surface area contributed by atoms with Gasteiger partial charge in [0, 0.05) is 49.3 Å². The highest BCUT2D eigenvalue weighted by Crippen LogP contribution is 2.36. The molecule has 1 fully saturated rings. The number of aromatic nitrogens is 3. The molecule has 1 unspecified atom stereocenters. The van der Waals surface area contributed by atoms with Crippen LogP contribution in [0.25, 0.3) is 11.3 Å². The zero-order chi connectivity index (χ0) is 29.1. The van der Waals surface area contributed by atoms with Crippen LogP contribution in [0.1, 0.15) is 61.3 Å². The summed E-state index contributed by atoms with van der Waals surface area (Å²) in [7, 11) is -3.10. The summed E-state index contributed by atoms with van der Waals surface area (Å²) in [4.78, 5) is 17.1. The third kappa shape index (κ3) is 7.67. The van der Waals surface area contributed by atoms with E-state index >= 15 is 0 Å². The number of halogens is 5. The molecule has 2 aromatic rings. The molecule has 0 radical (unpaired) electrons. The van der Waals surface area contributed by atoms with Crippen LogP contribution in [0.4, 0.5) is 22.0 Å². The minimum atomic E-state index is -4.48. The average Bonchev–Trinajstić information content (AvgIpc) is 3.17. The Morgan fingerprint density at radius 3 is 2.41 bits per heavy atom. The Labute approximate surface area is 224 Å². The van der Waals surface area contributed by atoms with Crippen molar-refractivity contribution in [2.24, 2.45) is 11.8 Å². The van der Waals surface area contributed by atoms with Gasteiger partial charge < -0.3 is 10.1 Å². The standard InChI is InChI=1S/C25H33F5N4O4S/c1-5-34-22(19-13-31-17(10-14(2)25(28,29)30)11-20(19)38-24(26)27)15(3)21(33-34)23(35)32-12-16-6-8-18(9-7-16)39(4,36)37/h11,13-14,16,18,24H,5-10,12H2,1-4H3,(H,32,35). The number of carbonyl (C=O) groups is 1. The largest absolute Gasteiger partial charge is 0.434 e. The molecule has 1 saturated carbocycles. The zero-order valence-electron chi connectivity index (χ0n) is 22.2. The molecule has 1 N–H and O–H groups in total. The van der Waals surface area contributed by atoms with Crippen LogP contribution in [-0.2, 0) is 22.8 Å². The average molecular weight is 581 g/mol. The predicted octanol–water partition coefficient (Wildman–Crippen LogP) is 4.95. The first kappa shape index (κ1) is 30.8. The number of hydrogen-bond donors (Lipinski definition) is 1. The lowest BCUT2D eigenvalue weighted by molar-refractivity contribution is -0.169. The summed E-state index contributed by atoms with van der Waals surface area (Å²) >= 11 is 0. The molecule has 3 rings (SSSR count). The molecule has 14 heteroatoms. The fourth-order valence-corrected chi connectivity index (χ4v) is 5.94. The van der Waals surface area contributed by atoms with Crippen molar-refractivity contribution in [1.29, 1.82) is 0 Å². The van der Waals surface area contributed by atoms with Crippen molar-refractivity contribution in [2.45, 2.75) is 77.5 Å². The van der Waals surface area contributed by atoms with Crippen molar-refractivity contribution in [2.75, 3.05) is 12.8 Å². The van der Waals surface area contributed by atoms with Crippen molar-refractivity contribution in [1.82, 2.24) is 20.1 Å². The molecular formula is C25H33F5N4O4S. The number of hydrogen-bond acceptors (Lipinski definition) is 6. The number of nitrogens with zero attached hydrogens (tertiary/aromatic N) is 3. The molecular weight excluding hydrogens is 547 g/mol. The van der Waals surface area contributed by atoms with E-state index in [1.165, 1.54) is 10.9 Å². The van der Waals surface area contributed by atoms with Crippen LogP contribution in [0.3, 0.4) is 0 Å². The van der Waals surface area contributed by atoms with Crippen molar-refractivity contribution >= 4 is 15.7 Å². The third-order valence-electron chi connectivity index (χ3n) is 7.12. The van der Waals surface area contributed by atoms with Gasteiger partial charge in [-0.05, 0) is 45.4 Å². The van der Waals surface area contributed by atoms with Crippen LogP contribution in [0.5, 0.6) is 5.75 Å². The van der Waals surface area contributed by atoms with Gasteiger partial charge in [-0.1, -0.05) is 6.92 Å². The number of aryl methyl sites for hydroxylation is 1. The molecule has 218 valence electrons. The summed E-state index contributed by atoms with van der Waals surface area (Å²) in [6.45, 7) is 1.65. The van der Waals surface area contributed by atoms with Gasteiger partial charge in [-0.2, -0.15) is 27.1 Å². The van der Waals surface area contributed by atoms with Crippen LogP contribution in [0.15, 0.2) is 12.3 Å². The Morgan fingerprint density at radius 2 is 1.87 bits per heavy atom. The quantitative estimate of drug-likeness (QED) is 0.399. The maximum Gasteiger partial charge on any atom is 0.391 e. The molecule has 8 nitrogen and oxygen atoms in total. The second kappa shape index (κ2) is 12.2. The van der Waals surface area contributed by atoms with Crippen molar-refractivity contribution in [3.8, 4) is 17.0 Å². The number of rotatable bonds is 10. The monoisotopic (exact) mass is 580 g/mol. The lowest BCUT2D eigenvalue weighted by atomic mass is 9.89. The van der Waals surface area contributed by atoms with Crippen molar-refractivity contribution in [3.05, 3.63) is 29.2 Å². The molecule has 0 aromatic carbocycles. The first-order chi connectivity index (χ1) is 18.1. The number of carbonyl (C=O) groups excluding carboxylic acids is 1. The van der Waals surface area contributed by atoms with Crippen molar-refractivity contribution in [3.63, 3.8) is 0 Å². The molecule has 39 heavy (non-hydrogen) atoms. The zero-order valence-corrected chi connectivity index (χ0v) is 23.0. The van der Waals surface area contributed by atoms with Gasteiger partial charge in [-0.15, -0.1) is 0 Å². The minimum absolute atomic E-state index is 0.0643. The Kier molecular flexibility index (Phi) is 9.60. The first-order valence-electron chi connectivity index (χ1n) is 12.7. The molecule has 2 heterocycles. The first-order valence-corrected chi connectivity index (χ1v) is 14.6. The van der Waals surface area contributed by atoms with Crippen LogP contribution >= 0.6 is 0 Å².